The quantitative estimate of drug-likeness (QED) is 0.418. The second kappa shape index (κ2) is 7.37. The highest BCUT2D eigenvalue weighted by Gasteiger charge is 2.50. The predicted molar refractivity (Wildman–Crippen MR) is 147 cm³/mol. The van der Waals surface area contributed by atoms with Gasteiger partial charge in [0.2, 0.25) is 0 Å². The van der Waals surface area contributed by atoms with Gasteiger partial charge in [-0.25, -0.2) is 0 Å². The zero-order valence-electron chi connectivity index (χ0n) is 21.0. The zero-order valence-corrected chi connectivity index (χ0v) is 21.0. The molecule has 4 atom stereocenters. The van der Waals surface area contributed by atoms with E-state index in [1.165, 1.54) is 45.9 Å². The Kier molecular flexibility index (Phi) is 4.43. The van der Waals surface area contributed by atoms with Crippen LogP contribution in [0.3, 0.4) is 0 Å². The van der Waals surface area contributed by atoms with Gasteiger partial charge in [-0.1, -0.05) is 66.8 Å². The monoisotopic (exact) mass is 458 g/mol. The third-order valence-electron chi connectivity index (χ3n) is 9.18. The summed E-state index contributed by atoms with van der Waals surface area (Å²) in [6.45, 7) is 7.14. The Balaban J connectivity index is 1.40. The molecular formula is C33H34N2. The molecule has 3 aliphatic carbocycles. The first-order valence-corrected chi connectivity index (χ1v) is 13.2. The van der Waals surface area contributed by atoms with Crippen LogP contribution in [-0.2, 0) is 0 Å². The zero-order chi connectivity index (χ0) is 23.8. The van der Waals surface area contributed by atoms with E-state index < -0.39 is 0 Å². The maximum atomic E-state index is 2.66. The molecule has 7 rings (SSSR count). The highest BCUT2D eigenvalue weighted by Crippen LogP contribution is 2.57. The molecule has 0 bridgehead atoms. The summed E-state index contributed by atoms with van der Waals surface area (Å²) in [6, 6.07) is 16.6. The number of rotatable bonds is 2. The normalized spacial score (nSPS) is 32.1. The Labute approximate surface area is 209 Å². The molecule has 0 saturated carbocycles. The Bertz CT molecular complexity index is 1370. The SMILES string of the molecule is Cc1cc(N2C3=C(C=CCC3)C3(C)C=CC=CC23)cc(N2c3ccccc3C3C=CCCC32C)c1. The minimum atomic E-state index is 0.0242. The molecule has 35 heavy (non-hydrogen) atoms. The van der Waals surface area contributed by atoms with Crippen molar-refractivity contribution in [3.8, 4) is 0 Å². The van der Waals surface area contributed by atoms with Crippen molar-refractivity contribution >= 4 is 17.1 Å². The first kappa shape index (κ1) is 21.1. The van der Waals surface area contributed by atoms with E-state index in [1.54, 1.807) is 0 Å². The van der Waals surface area contributed by atoms with Crippen LogP contribution < -0.4 is 9.80 Å². The summed E-state index contributed by atoms with van der Waals surface area (Å²) >= 11 is 0. The maximum absolute atomic E-state index is 2.66. The summed E-state index contributed by atoms with van der Waals surface area (Å²) in [5, 5.41) is 0. The van der Waals surface area contributed by atoms with Crippen molar-refractivity contribution in [1.29, 1.82) is 0 Å². The fourth-order valence-corrected chi connectivity index (χ4v) is 7.54. The molecule has 0 amide bonds. The van der Waals surface area contributed by atoms with Crippen LogP contribution in [0.2, 0.25) is 0 Å². The van der Waals surface area contributed by atoms with E-state index in [4.69, 9.17) is 0 Å². The number of anilines is 3. The van der Waals surface area contributed by atoms with Gasteiger partial charge in [-0.05, 0) is 87.4 Å². The Morgan fingerprint density at radius 1 is 0.914 bits per heavy atom. The van der Waals surface area contributed by atoms with Crippen LogP contribution >= 0.6 is 0 Å². The van der Waals surface area contributed by atoms with Crippen LogP contribution in [0.15, 0.2) is 102 Å². The van der Waals surface area contributed by atoms with E-state index >= 15 is 0 Å². The highest BCUT2D eigenvalue weighted by atomic mass is 15.3. The lowest BCUT2D eigenvalue weighted by Gasteiger charge is -2.43. The summed E-state index contributed by atoms with van der Waals surface area (Å²) in [5.74, 6) is 0.440. The van der Waals surface area contributed by atoms with Gasteiger partial charge in [-0.3, -0.25) is 0 Å². The molecule has 4 unspecified atom stereocenters. The van der Waals surface area contributed by atoms with Gasteiger partial charge in [0.25, 0.3) is 0 Å². The number of hydrogen-bond donors (Lipinski definition) is 0. The number of hydrogen-bond acceptors (Lipinski definition) is 2. The van der Waals surface area contributed by atoms with Crippen LogP contribution in [-0.4, -0.2) is 11.6 Å². The lowest BCUT2D eigenvalue weighted by atomic mass is 9.74. The van der Waals surface area contributed by atoms with E-state index in [0.717, 1.165) is 19.3 Å². The molecule has 0 spiro atoms. The predicted octanol–water partition coefficient (Wildman–Crippen LogP) is 8.26. The van der Waals surface area contributed by atoms with Crippen LogP contribution in [0.25, 0.3) is 0 Å². The number of fused-ring (bicyclic) bond motifs is 5. The summed E-state index contributed by atoms with van der Waals surface area (Å²) < 4.78 is 0. The molecule has 2 aliphatic heterocycles. The van der Waals surface area contributed by atoms with E-state index in [9.17, 15) is 0 Å². The van der Waals surface area contributed by atoms with Crippen molar-refractivity contribution in [2.24, 2.45) is 5.41 Å². The third kappa shape index (κ3) is 2.83. The van der Waals surface area contributed by atoms with Gasteiger partial charge in [-0.15, -0.1) is 0 Å². The van der Waals surface area contributed by atoms with E-state index in [0.29, 0.717) is 12.0 Å². The average molecular weight is 459 g/mol. The minimum absolute atomic E-state index is 0.0242. The van der Waals surface area contributed by atoms with Crippen molar-refractivity contribution in [2.45, 2.75) is 64.0 Å². The summed E-state index contributed by atoms with van der Waals surface area (Å²) in [7, 11) is 0. The number of aryl methyl sites for hydroxylation is 1. The van der Waals surface area contributed by atoms with Crippen LogP contribution in [0.1, 0.15) is 56.6 Å². The number of nitrogens with zero attached hydrogens (tertiary/aromatic N) is 2. The summed E-state index contributed by atoms with van der Waals surface area (Å²) in [5.41, 5.74) is 9.89. The molecule has 2 aromatic rings. The molecule has 0 radical (unpaired) electrons. The molecule has 176 valence electrons. The van der Waals surface area contributed by atoms with Gasteiger partial charge in [-0.2, -0.15) is 0 Å². The molecule has 2 heterocycles. The maximum Gasteiger partial charge on any atom is 0.0651 e. The Morgan fingerprint density at radius 2 is 1.77 bits per heavy atom. The van der Waals surface area contributed by atoms with Crippen molar-refractivity contribution in [1.82, 2.24) is 0 Å². The minimum Gasteiger partial charge on any atom is -0.337 e. The largest absolute Gasteiger partial charge is 0.337 e. The first-order chi connectivity index (χ1) is 17.0. The van der Waals surface area contributed by atoms with Gasteiger partial charge >= 0.3 is 0 Å². The van der Waals surface area contributed by atoms with Gasteiger partial charge in [0.15, 0.2) is 0 Å². The van der Waals surface area contributed by atoms with Gasteiger partial charge in [0.1, 0.15) is 0 Å². The average Bonchev–Trinajstić information content (AvgIpc) is 3.29. The van der Waals surface area contributed by atoms with Crippen LogP contribution in [0, 0.1) is 12.3 Å². The third-order valence-corrected chi connectivity index (χ3v) is 9.18. The lowest BCUT2D eigenvalue weighted by Crippen LogP contribution is -2.44. The standard InChI is InChI=1S/C33H34N2/c1-23-20-24(34-30-16-7-5-14-28(30)32(2)18-10-9-17-31(32)34)22-25(21-23)35-29-15-6-4-12-26(29)27-13-8-11-19-33(27,35)3/h4-6,8-10,12-15,17-18,20-22,27,31H,7,11,16,19H2,1-3H3. The number of benzene rings is 2. The molecule has 2 aromatic carbocycles. The first-order valence-electron chi connectivity index (χ1n) is 13.2. The second-order valence-corrected chi connectivity index (χ2v) is 11.4. The fourth-order valence-electron chi connectivity index (χ4n) is 7.54. The number of allylic oxidation sites excluding steroid dienone is 6. The summed E-state index contributed by atoms with van der Waals surface area (Å²) in [6.07, 6.45) is 23.4. The molecule has 0 saturated heterocycles. The molecule has 0 fully saturated rings. The van der Waals surface area contributed by atoms with Crippen molar-refractivity contribution < 1.29 is 0 Å². The van der Waals surface area contributed by atoms with E-state index in [2.05, 4.69) is 122 Å². The smallest absolute Gasteiger partial charge is 0.0651 e. The number of para-hydroxylation sites is 1. The lowest BCUT2D eigenvalue weighted by molar-refractivity contribution is 0.398. The fraction of sp³-hybridized carbons (Fsp3) is 0.333. The van der Waals surface area contributed by atoms with E-state index in [-0.39, 0.29) is 11.0 Å². The van der Waals surface area contributed by atoms with Crippen LogP contribution in [0.5, 0.6) is 0 Å². The molecule has 2 heteroatoms. The Morgan fingerprint density at radius 3 is 2.69 bits per heavy atom. The molecule has 5 aliphatic rings. The van der Waals surface area contributed by atoms with E-state index in [1.807, 2.05) is 0 Å². The topological polar surface area (TPSA) is 6.48 Å². The van der Waals surface area contributed by atoms with Crippen molar-refractivity contribution in [3.63, 3.8) is 0 Å². The molecule has 0 aromatic heterocycles. The summed E-state index contributed by atoms with van der Waals surface area (Å²) in [4.78, 5) is 5.31. The molecular weight excluding hydrogens is 424 g/mol. The van der Waals surface area contributed by atoms with Gasteiger partial charge in [0.05, 0.1) is 11.6 Å². The molecule has 2 nitrogen and oxygen atoms in total. The van der Waals surface area contributed by atoms with Crippen molar-refractivity contribution in [3.05, 3.63) is 113 Å². The molecule has 0 N–H and O–H groups in total. The highest BCUT2D eigenvalue weighted by molar-refractivity contribution is 5.79. The van der Waals surface area contributed by atoms with Gasteiger partial charge < -0.3 is 9.80 Å². The van der Waals surface area contributed by atoms with Crippen molar-refractivity contribution in [2.75, 3.05) is 9.80 Å². The second-order valence-electron chi connectivity index (χ2n) is 11.4. The van der Waals surface area contributed by atoms with Crippen LogP contribution in [0.4, 0.5) is 17.1 Å². The Hall–Kier alpha value is -3.26. The van der Waals surface area contributed by atoms with Gasteiger partial charge in [0, 0.05) is 34.1 Å².